The molecule has 1 amide bonds. The van der Waals surface area contributed by atoms with Gasteiger partial charge in [-0.25, -0.2) is 14.9 Å². The Morgan fingerprint density at radius 1 is 1.26 bits per heavy atom. The number of nitrogens with zero attached hydrogens (tertiary/aromatic N) is 5. The maximum absolute atomic E-state index is 12.8. The van der Waals surface area contributed by atoms with Crippen molar-refractivity contribution >= 4 is 11.6 Å². The first-order valence-electron chi connectivity index (χ1n) is 9.44. The fourth-order valence-electron chi connectivity index (χ4n) is 3.80. The lowest BCUT2D eigenvalue weighted by Crippen LogP contribution is -2.39. The fourth-order valence-corrected chi connectivity index (χ4v) is 3.80. The molecule has 1 fully saturated rings. The van der Waals surface area contributed by atoms with Crippen LogP contribution in [0.3, 0.4) is 0 Å². The molecule has 142 valence electrons. The van der Waals surface area contributed by atoms with Gasteiger partial charge in [0.25, 0.3) is 5.91 Å². The van der Waals surface area contributed by atoms with Crippen LogP contribution in [0.25, 0.3) is 5.65 Å². The minimum Gasteiger partial charge on any atom is -0.337 e. The van der Waals surface area contributed by atoms with Gasteiger partial charge in [-0.3, -0.25) is 9.36 Å². The number of H-pyrrole nitrogens is 1. The molecule has 0 aliphatic carbocycles. The van der Waals surface area contributed by atoms with Gasteiger partial charge in [-0.1, -0.05) is 6.07 Å². The summed E-state index contributed by atoms with van der Waals surface area (Å²) < 4.78 is 3.58. The molecule has 3 aromatic heterocycles. The predicted octanol–water partition coefficient (Wildman–Crippen LogP) is 1.64. The average molecular weight is 368 g/mol. The molecule has 4 heterocycles. The van der Waals surface area contributed by atoms with Gasteiger partial charge in [0.1, 0.15) is 17.2 Å². The van der Waals surface area contributed by atoms with Crippen LogP contribution in [0.2, 0.25) is 0 Å². The quantitative estimate of drug-likeness (QED) is 0.758. The number of fused-ring (bicyclic) bond motifs is 1. The van der Waals surface area contributed by atoms with Gasteiger partial charge >= 0.3 is 5.69 Å². The van der Waals surface area contributed by atoms with E-state index < -0.39 is 0 Å². The molecule has 0 radical (unpaired) electrons. The number of carbonyl (C=O) groups excluding carboxylic acids is 1. The van der Waals surface area contributed by atoms with E-state index in [2.05, 4.69) is 15.2 Å². The number of hydrogen-bond acceptors (Lipinski definition) is 4. The number of pyridine rings is 1. The molecule has 8 nitrogen and oxygen atoms in total. The van der Waals surface area contributed by atoms with Gasteiger partial charge in [-0.2, -0.15) is 5.10 Å². The van der Waals surface area contributed by atoms with Crippen LogP contribution in [-0.2, 0) is 13.0 Å². The van der Waals surface area contributed by atoms with Crippen molar-refractivity contribution in [3.05, 3.63) is 52.1 Å². The van der Waals surface area contributed by atoms with Crippen molar-refractivity contribution < 1.29 is 4.79 Å². The first-order chi connectivity index (χ1) is 13.0. The second kappa shape index (κ2) is 7.02. The molecule has 0 aromatic carbocycles. The monoisotopic (exact) mass is 368 g/mol. The Morgan fingerprint density at radius 2 is 2.04 bits per heavy atom. The number of nitrogens with one attached hydrogen (secondary N) is 1. The van der Waals surface area contributed by atoms with E-state index in [1.807, 2.05) is 41.5 Å². The highest BCUT2D eigenvalue weighted by Crippen LogP contribution is 2.22. The van der Waals surface area contributed by atoms with Gasteiger partial charge in [0.2, 0.25) is 0 Å². The van der Waals surface area contributed by atoms with Crippen LogP contribution in [0.4, 0.5) is 0 Å². The summed E-state index contributed by atoms with van der Waals surface area (Å²) in [6.45, 7) is 5.99. The minimum atomic E-state index is -0.151. The van der Waals surface area contributed by atoms with Crippen molar-refractivity contribution in [3.63, 3.8) is 0 Å². The minimum absolute atomic E-state index is 0.0139. The molecule has 1 saturated heterocycles. The van der Waals surface area contributed by atoms with E-state index in [0.717, 1.165) is 36.3 Å². The Balaban J connectivity index is 1.40. The molecular weight excluding hydrogens is 344 g/mol. The van der Waals surface area contributed by atoms with Gasteiger partial charge in [0.05, 0.1) is 0 Å². The van der Waals surface area contributed by atoms with E-state index in [9.17, 15) is 9.59 Å². The predicted molar refractivity (Wildman–Crippen MR) is 101 cm³/mol. The van der Waals surface area contributed by atoms with Crippen molar-refractivity contribution in [3.8, 4) is 0 Å². The molecule has 1 N–H and O–H groups in total. The summed E-state index contributed by atoms with van der Waals surface area (Å²) in [6.07, 6.45) is 6.36. The molecule has 0 bridgehead atoms. The summed E-state index contributed by atoms with van der Waals surface area (Å²) in [5, 5.41) is 6.67. The third kappa shape index (κ3) is 3.39. The molecule has 8 heteroatoms. The number of piperidine rings is 1. The lowest BCUT2D eigenvalue weighted by atomic mass is 9.93. The first kappa shape index (κ1) is 17.5. The van der Waals surface area contributed by atoms with Crippen molar-refractivity contribution in [1.82, 2.24) is 29.0 Å². The summed E-state index contributed by atoms with van der Waals surface area (Å²) in [4.78, 5) is 30.8. The maximum Gasteiger partial charge on any atom is 0.343 e. The number of aryl methyl sites for hydroxylation is 1. The molecule has 0 spiro atoms. The number of aromatic nitrogens is 5. The number of carbonyl (C=O) groups is 1. The Hall–Kier alpha value is -2.90. The lowest BCUT2D eigenvalue weighted by Gasteiger charge is -2.31. The average Bonchev–Trinajstić information content (AvgIpc) is 3.24. The third-order valence-corrected chi connectivity index (χ3v) is 5.34. The number of likely N-dealkylation sites (tertiary alicyclic amines) is 1. The molecule has 1 aliphatic heterocycles. The number of imidazole rings is 1. The molecule has 0 atom stereocenters. The van der Waals surface area contributed by atoms with E-state index in [1.165, 1.54) is 0 Å². The SMILES string of the molecule is CCn1c(CC2CCN(C(=O)c3cn4cc(C)ccc4n3)CC2)n[nH]c1=O. The number of amides is 1. The van der Waals surface area contributed by atoms with Crippen LogP contribution >= 0.6 is 0 Å². The summed E-state index contributed by atoms with van der Waals surface area (Å²) in [7, 11) is 0. The van der Waals surface area contributed by atoms with Gasteiger partial charge in [-0.05, 0) is 44.2 Å². The Morgan fingerprint density at radius 3 is 2.78 bits per heavy atom. The smallest absolute Gasteiger partial charge is 0.337 e. The Kier molecular flexibility index (Phi) is 4.55. The standard InChI is InChI=1S/C19H24N6O2/c1-3-25-17(21-22-19(25)27)10-14-6-8-23(9-7-14)18(26)15-12-24-11-13(2)4-5-16(24)20-15/h4-5,11-12,14H,3,6-10H2,1-2H3,(H,22,27). The topological polar surface area (TPSA) is 88.3 Å². The molecular formula is C19H24N6O2. The fraction of sp³-hybridized carbons (Fsp3) is 0.474. The highest BCUT2D eigenvalue weighted by Gasteiger charge is 2.26. The van der Waals surface area contributed by atoms with E-state index >= 15 is 0 Å². The highest BCUT2D eigenvalue weighted by molar-refractivity contribution is 5.93. The number of rotatable bonds is 4. The number of aromatic amines is 1. The largest absolute Gasteiger partial charge is 0.343 e. The van der Waals surface area contributed by atoms with E-state index in [0.29, 0.717) is 31.2 Å². The zero-order valence-electron chi connectivity index (χ0n) is 15.7. The summed E-state index contributed by atoms with van der Waals surface area (Å²) in [6, 6.07) is 3.92. The number of hydrogen-bond donors (Lipinski definition) is 1. The molecule has 1 aliphatic rings. The normalized spacial score (nSPS) is 15.6. The maximum atomic E-state index is 12.8. The van der Waals surface area contributed by atoms with Gasteiger partial charge < -0.3 is 9.30 Å². The van der Waals surface area contributed by atoms with Crippen LogP contribution in [0.15, 0.2) is 29.3 Å². The van der Waals surface area contributed by atoms with Crippen molar-refractivity contribution in [2.45, 2.75) is 39.7 Å². The Labute approximate surface area is 156 Å². The summed E-state index contributed by atoms with van der Waals surface area (Å²) >= 11 is 0. The van der Waals surface area contributed by atoms with Crippen LogP contribution in [0, 0.1) is 12.8 Å². The van der Waals surface area contributed by atoms with Crippen LogP contribution in [0.5, 0.6) is 0 Å². The first-order valence-corrected chi connectivity index (χ1v) is 9.44. The van der Waals surface area contributed by atoms with E-state index in [-0.39, 0.29) is 11.6 Å². The van der Waals surface area contributed by atoms with Gasteiger partial charge in [0, 0.05) is 38.4 Å². The van der Waals surface area contributed by atoms with E-state index in [4.69, 9.17) is 0 Å². The zero-order valence-corrected chi connectivity index (χ0v) is 15.7. The van der Waals surface area contributed by atoms with Crippen LogP contribution < -0.4 is 5.69 Å². The van der Waals surface area contributed by atoms with Crippen molar-refractivity contribution in [2.24, 2.45) is 5.92 Å². The molecule has 0 saturated carbocycles. The second-order valence-corrected chi connectivity index (χ2v) is 7.23. The molecule has 0 unspecified atom stereocenters. The van der Waals surface area contributed by atoms with Gasteiger partial charge in [-0.15, -0.1) is 0 Å². The zero-order chi connectivity index (χ0) is 19.0. The second-order valence-electron chi connectivity index (χ2n) is 7.23. The molecule has 27 heavy (non-hydrogen) atoms. The van der Waals surface area contributed by atoms with Gasteiger partial charge in [0.15, 0.2) is 0 Å². The third-order valence-electron chi connectivity index (χ3n) is 5.34. The van der Waals surface area contributed by atoms with E-state index in [1.54, 1.807) is 10.8 Å². The van der Waals surface area contributed by atoms with Crippen LogP contribution in [-0.4, -0.2) is 48.0 Å². The lowest BCUT2D eigenvalue weighted by molar-refractivity contribution is 0.0684. The summed E-state index contributed by atoms with van der Waals surface area (Å²) in [5.41, 5.74) is 2.26. The van der Waals surface area contributed by atoms with Crippen molar-refractivity contribution in [2.75, 3.05) is 13.1 Å². The molecule has 3 aromatic rings. The van der Waals surface area contributed by atoms with Crippen LogP contribution in [0.1, 0.15) is 41.6 Å². The van der Waals surface area contributed by atoms with Crippen molar-refractivity contribution in [1.29, 1.82) is 0 Å². The molecule has 4 rings (SSSR count). The highest BCUT2D eigenvalue weighted by atomic mass is 16.2. The Bertz CT molecular complexity index is 1020. The summed E-state index contributed by atoms with van der Waals surface area (Å²) in [5.74, 6) is 1.22.